The number of hydrogen-bond acceptors (Lipinski definition) is 4. The lowest BCUT2D eigenvalue weighted by atomic mass is 10.1. The number of hydrogen-bond donors (Lipinski definition) is 1. The standard InChI is InChI=1S/C18H13N3O3/c1-10-4-2-3-5-14(10)21-18(22)12-8-19-13-7-16-15(23-9-24-16)6-11(13)17(12)20-21/h2-8,20H,9H2,1H3. The maximum absolute atomic E-state index is 12.8. The molecule has 5 rings (SSSR count). The van der Waals surface area contributed by atoms with E-state index in [1.807, 2.05) is 43.3 Å². The normalized spacial score (nSPS) is 13.0. The first-order valence-electron chi connectivity index (χ1n) is 7.61. The van der Waals surface area contributed by atoms with Crippen molar-refractivity contribution >= 4 is 21.8 Å². The Balaban J connectivity index is 1.86. The van der Waals surface area contributed by atoms with E-state index in [-0.39, 0.29) is 12.4 Å². The van der Waals surface area contributed by atoms with Crippen LogP contribution in [-0.4, -0.2) is 21.6 Å². The summed E-state index contributed by atoms with van der Waals surface area (Å²) in [5.74, 6) is 1.34. The number of rotatable bonds is 1. The minimum Gasteiger partial charge on any atom is -0.454 e. The minimum atomic E-state index is -0.119. The first kappa shape index (κ1) is 13.2. The Bertz CT molecular complexity index is 1170. The SMILES string of the molecule is Cc1ccccc1-n1[nH]c2c(cnc3cc4c(cc32)OCO4)c1=O. The molecule has 0 bridgehead atoms. The van der Waals surface area contributed by atoms with Gasteiger partial charge in [-0.15, -0.1) is 0 Å². The zero-order valence-electron chi connectivity index (χ0n) is 12.9. The van der Waals surface area contributed by atoms with Gasteiger partial charge in [-0.25, -0.2) is 4.68 Å². The number of nitrogens with one attached hydrogen (secondary N) is 1. The van der Waals surface area contributed by atoms with Crippen molar-refractivity contribution in [2.45, 2.75) is 6.92 Å². The number of pyridine rings is 1. The van der Waals surface area contributed by atoms with E-state index in [1.54, 1.807) is 10.9 Å². The zero-order valence-corrected chi connectivity index (χ0v) is 12.9. The molecule has 0 aliphatic carbocycles. The number of H-pyrrole nitrogens is 1. The van der Waals surface area contributed by atoms with E-state index in [0.717, 1.165) is 27.7 Å². The van der Waals surface area contributed by atoms with Crippen LogP contribution in [-0.2, 0) is 0 Å². The van der Waals surface area contributed by atoms with E-state index in [0.29, 0.717) is 16.9 Å². The molecule has 0 spiro atoms. The van der Waals surface area contributed by atoms with E-state index in [2.05, 4.69) is 10.1 Å². The highest BCUT2D eigenvalue weighted by Gasteiger charge is 2.18. The molecule has 6 heteroatoms. The second-order valence-corrected chi connectivity index (χ2v) is 5.81. The summed E-state index contributed by atoms with van der Waals surface area (Å²) in [7, 11) is 0. The van der Waals surface area contributed by atoms with Gasteiger partial charge in [-0.1, -0.05) is 18.2 Å². The van der Waals surface area contributed by atoms with Crippen molar-refractivity contribution in [1.82, 2.24) is 14.8 Å². The van der Waals surface area contributed by atoms with Crippen molar-refractivity contribution in [1.29, 1.82) is 0 Å². The van der Waals surface area contributed by atoms with E-state index in [4.69, 9.17) is 9.47 Å². The number of aryl methyl sites for hydroxylation is 1. The molecule has 0 atom stereocenters. The van der Waals surface area contributed by atoms with Gasteiger partial charge in [0.25, 0.3) is 5.56 Å². The second-order valence-electron chi connectivity index (χ2n) is 5.81. The topological polar surface area (TPSA) is 69.1 Å². The maximum Gasteiger partial charge on any atom is 0.280 e. The second kappa shape index (κ2) is 4.61. The highest BCUT2D eigenvalue weighted by atomic mass is 16.7. The van der Waals surface area contributed by atoms with Crippen molar-refractivity contribution in [3.8, 4) is 17.2 Å². The molecule has 0 radical (unpaired) electrons. The third-order valence-corrected chi connectivity index (χ3v) is 4.38. The summed E-state index contributed by atoms with van der Waals surface area (Å²) >= 11 is 0. The zero-order chi connectivity index (χ0) is 16.3. The van der Waals surface area contributed by atoms with Gasteiger partial charge in [0.15, 0.2) is 11.5 Å². The monoisotopic (exact) mass is 319 g/mol. The third-order valence-electron chi connectivity index (χ3n) is 4.38. The van der Waals surface area contributed by atoms with Crippen molar-refractivity contribution in [2.24, 2.45) is 0 Å². The molecule has 2 aromatic carbocycles. The van der Waals surface area contributed by atoms with Crippen LogP contribution < -0.4 is 15.0 Å². The molecular formula is C18H13N3O3. The number of nitrogens with zero attached hydrogens (tertiary/aromatic N) is 2. The first-order chi connectivity index (χ1) is 11.7. The molecule has 3 heterocycles. The lowest BCUT2D eigenvalue weighted by Crippen LogP contribution is -2.15. The molecule has 1 N–H and O–H groups in total. The van der Waals surface area contributed by atoms with Crippen molar-refractivity contribution in [3.05, 3.63) is 58.5 Å². The maximum atomic E-state index is 12.8. The molecule has 4 aromatic rings. The Labute approximate surface area is 136 Å². The van der Waals surface area contributed by atoms with Crippen LogP contribution in [0.15, 0.2) is 47.4 Å². The molecular weight excluding hydrogens is 306 g/mol. The average molecular weight is 319 g/mol. The van der Waals surface area contributed by atoms with Crippen LogP contribution in [0.4, 0.5) is 0 Å². The number of benzene rings is 2. The fraction of sp³-hybridized carbons (Fsp3) is 0.111. The smallest absolute Gasteiger partial charge is 0.280 e. The van der Waals surface area contributed by atoms with E-state index >= 15 is 0 Å². The predicted molar refractivity (Wildman–Crippen MR) is 90.1 cm³/mol. The van der Waals surface area contributed by atoms with E-state index in [1.165, 1.54) is 0 Å². The van der Waals surface area contributed by atoms with Crippen molar-refractivity contribution < 1.29 is 9.47 Å². The molecule has 0 amide bonds. The van der Waals surface area contributed by atoms with Crippen LogP contribution in [0.25, 0.3) is 27.5 Å². The van der Waals surface area contributed by atoms with Crippen LogP contribution in [0.1, 0.15) is 5.56 Å². The quantitative estimate of drug-likeness (QED) is 0.586. The number of fused-ring (bicyclic) bond motifs is 4. The van der Waals surface area contributed by atoms with Gasteiger partial charge in [0, 0.05) is 17.6 Å². The van der Waals surface area contributed by atoms with Gasteiger partial charge in [0.2, 0.25) is 6.79 Å². The van der Waals surface area contributed by atoms with Crippen LogP contribution >= 0.6 is 0 Å². The molecule has 1 aliphatic heterocycles. The van der Waals surface area contributed by atoms with Crippen LogP contribution in [0, 0.1) is 6.92 Å². The number of ether oxygens (including phenoxy) is 2. The minimum absolute atomic E-state index is 0.119. The summed E-state index contributed by atoms with van der Waals surface area (Å²) in [5, 5.41) is 4.60. The fourth-order valence-corrected chi connectivity index (χ4v) is 3.13. The van der Waals surface area contributed by atoms with E-state index < -0.39 is 0 Å². The van der Waals surface area contributed by atoms with Crippen molar-refractivity contribution in [2.75, 3.05) is 6.79 Å². The Morgan fingerprint density at radius 3 is 2.75 bits per heavy atom. The molecule has 24 heavy (non-hydrogen) atoms. The van der Waals surface area contributed by atoms with Gasteiger partial charge in [-0.3, -0.25) is 14.9 Å². The van der Waals surface area contributed by atoms with Crippen molar-refractivity contribution in [3.63, 3.8) is 0 Å². The molecule has 1 aliphatic rings. The van der Waals surface area contributed by atoms with Gasteiger partial charge < -0.3 is 9.47 Å². The Morgan fingerprint density at radius 1 is 1.12 bits per heavy atom. The van der Waals surface area contributed by atoms with Gasteiger partial charge >= 0.3 is 0 Å². The Morgan fingerprint density at radius 2 is 1.92 bits per heavy atom. The largest absolute Gasteiger partial charge is 0.454 e. The molecule has 0 saturated carbocycles. The molecule has 0 fully saturated rings. The Hall–Kier alpha value is -3.28. The molecule has 118 valence electrons. The number of aromatic nitrogens is 3. The average Bonchev–Trinajstić information content (AvgIpc) is 3.17. The third kappa shape index (κ3) is 1.70. The van der Waals surface area contributed by atoms with Crippen LogP contribution in [0.3, 0.4) is 0 Å². The molecule has 0 saturated heterocycles. The summed E-state index contributed by atoms with van der Waals surface area (Å²) in [5.41, 5.74) is 3.22. The van der Waals surface area contributed by atoms with E-state index in [9.17, 15) is 4.79 Å². The van der Waals surface area contributed by atoms with Crippen LogP contribution in [0.5, 0.6) is 11.5 Å². The summed E-state index contributed by atoms with van der Waals surface area (Å²) in [6, 6.07) is 11.4. The fourth-order valence-electron chi connectivity index (χ4n) is 3.13. The highest BCUT2D eigenvalue weighted by molar-refractivity contribution is 6.04. The molecule has 6 nitrogen and oxygen atoms in total. The lowest BCUT2D eigenvalue weighted by Gasteiger charge is -2.04. The summed E-state index contributed by atoms with van der Waals surface area (Å²) in [6.07, 6.45) is 1.60. The summed E-state index contributed by atoms with van der Waals surface area (Å²) in [6.45, 7) is 2.18. The molecule has 0 unspecified atom stereocenters. The lowest BCUT2D eigenvalue weighted by molar-refractivity contribution is 0.174. The summed E-state index contributed by atoms with van der Waals surface area (Å²) < 4.78 is 12.4. The number of aromatic amines is 1. The predicted octanol–water partition coefficient (Wildman–Crippen LogP) is 2.90. The molecule has 2 aromatic heterocycles. The first-order valence-corrected chi connectivity index (χ1v) is 7.61. The van der Waals surface area contributed by atoms with Gasteiger partial charge in [0.05, 0.1) is 22.1 Å². The Kier molecular flexibility index (Phi) is 2.53. The highest BCUT2D eigenvalue weighted by Crippen LogP contribution is 2.37. The summed E-state index contributed by atoms with van der Waals surface area (Å²) in [4.78, 5) is 17.2. The van der Waals surface area contributed by atoms with Crippen LogP contribution in [0.2, 0.25) is 0 Å². The van der Waals surface area contributed by atoms with Gasteiger partial charge in [0.1, 0.15) is 0 Å². The van der Waals surface area contributed by atoms with Gasteiger partial charge in [-0.2, -0.15) is 0 Å². The van der Waals surface area contributed by atoms with Gasteiger partial charge in [-0.05, 0) is 24.6 Å². The number of para-hydroxylation sites is 1.